The number of aryl methyl sites for hydroxylation is 3. The van der Waals surface area contributed by atoms with Crippen molar-refractivity contribution in [2.45, 2.75) is 32.2 Å². The van der Waals surface area contributed by atoms with Crippen LogP contribution in [0.4, 0.5) is 5.69 Å². The van der Waals surface area contributed by atoms with Gasteiger partial charge in [0, 0.05) is 12.1 Å². The summed E-state index contributed by atoms with van der Waals surface area (Å²) in [6.07, 6.45) is 0. The molecule has 0 radical (unpaired) electrons. The van der Waals surface area contributed by atoms with Gasteiger partial charge in [0.1, 0.15) is 0 Å². The maximum absolute atomic E-state index is 13.1. The molecule has 0 unspecified atom stereocenters. The Balaban J connectivity index is 1.79. The zero-order chi connectivity index (χ0) is 24.2. The van der Waals surface area contributed by atoms with Crippen LogP contribution in [-0.2, 0) is 16.6 Å². The van der Waals surface area contributed by atoms with Gasteiger partial charge in [-0.25, -0.2) is 8.42 Å². The third-order valence-electron chi connectivity index (χ3n) is 5.27. The number of nitrogens with one attached hydrogen (secondary N) is 2. The monoisotopic (exact) mass is 468 g/mol. The van der Waals surface area contributed by atoms with Crippen molar-refractivity contribution in [2.75, 3.05) is 18.9 Å². The summed E-state index contributed by atoms with van der Waals surface area (Å²) in [7, 11) is -0.784. The van der Waals surface area contributed by atoms with Gasteiger partial charge in [-0.1, -0.05) is 29.8 Å². The zero-order valence-corrected chi connectivity index (χ0v) is 20.2. The van der Waals surface area contributed by atoms with E-state index in [9.17, 15) is 13.2 Å². The molecule has 0 atom stereocenters. The van der Waals surface area contributed by atoms with Gasteiger partial charge in [0.2, 0.25) is 0 Å². The van der Waals surface area contributed by atoms with Crippen LogP contribution in [-0.4, -0.2) is 28.5 Å². The Morgan fingerprint density at radius 1 is 0.848 bits per heavy atom. The maximum Gasteiger partial charge on any atom is 0.262 e. The molecule has 0 aromatic heterocycles. The summed E-state index contributed by atoms with van der Waals surface area (Å²) in [6, 6.07) is 15.5. The number of ether oxygens (including phenoxy) is 2. The average molecular weight is 469 g/mol. The van der Waals surface area contributed by atoms with Crippen molar-refractivity contribution < 1.29 is 22.7 Å². The lowest BCUT2D eigenvalue weighted by atomic mass is 10.1. The van der Waals surface area contributed by atoms with Gasteiger partial charge in [0.15, 0.2) is 11.5 Å². The molecule has 1 amide bonds. The van der Waals surface area contributed by atoms with E-state index < -0.39 is 10.0 Å². The van der Waals surface area contributed by atoms with Crippen molar-refractivity contribution >= 4 is 21.6 Å². The molecule has 0 aliphatic carbocycles. The van der Waals surface area contributed by atoms with Gasteiger partial charge < -0.3 is 14.8 Å². The van der Waals surface area contributed by atoms with E-state index in [4.69, 9.17) is 9.47 Å². The number of amides is 1. The molecule has 0 saturated carbocycles. The molecule has 0 heterocycles. The normalized spacial score (nSPS) is 11.1. The molecule has 33 heavy (non-hydrogen) atoms. The van der Waals surface area contributed by atoms with Gasteiger partial charge in [-0.2, -0.15) is 0 Å². The summed E-state index contributed by atoms with van der Waals surface area (Å²) < 4.78 is 39.3. The Morgan fingerprint density at radius 2 is 1.58 bits per heavy atom. The van der Waals surface area contributed by atoms with Crippen LogP contribution in [0.15, 0.2) is 59.5 Å². The molecule has 174 valence electrons. The first-order valence-electron chi connectivity index (χ1n) is 10.3. The number of carbonyl (C=O) groups is 1. The largest absolute Gasteiger partial charge is 0.493 e. The first-order chi connectivity index (χ1) is 15.6. The van der Waals surface area contributed by atoms with Crippen molar-refractivity contribution in [2.24, 2.45) is 0 Å². The lowest BCUT2D eigenvalue weighted by Crippen LogP contribution is -2.23. The third-order valence-corrected chi connectivity index (χ3v) is 6.77. The minimum Gasteiger partial charge on any atom is -0.493 e. The highest BCUT2D eigenvalue weighted by atomic mass is 32.2. The minimum absolute atomic E-state index is 0.0567. The van der Waals surface area contributed by atoms with E-state index in [2.05, 4.69) is 10.0 Å². The highest BCUT2D eigenvalue weighted by Gasteiger charge is 2.20. The zero-order valence-electron chi connectivity index (χ0n) is 19.4. The average Bonchev–Trinajstić information content (AvgIpc) is 2.79. The molecule has 3 rings (SSSR count). The molecule has 3 aromatic carbocycles. The van der Waals surface area contributed by atoms with Crippen LogP contribution in [0, 0.1) is 20.8 Å². The number of rotatable bonds is 8. The van der Waals surface area contributed by atoms with Gasteiger partial charge in [-0.3, -0.25) is 9.52 Å². The van der Waals surface area contributed by atoms with Crippen LogP contribution < -0.4 is 19.5 Å². The molecule has 0 aliphatic rings. The van der Waals surface area contributed by atoms with Crippen LogP contribution in [0.1, 0.15) is 32.6 Å². The number of hydrogen-bond donors (Lipinski definition) is 2. The summed E-state index contributed by atoms with van der Waals surface area (Å²) >= 11 is 0. The highest BCUT2D eigenvalue weighted by molar-refractivity contribution is 7.92. The number of anilines is 1. The van der Waals surface area contributed by atoms with Crippen LogP contribution in [0.3, 0.4) is 0 Å². The van der Waals surface area contributed by atoms with Crippen LogP contribution in [0.25, 0.3) is 0 Å². The molecule has 2 N–H and O–H groups in total. The minimum atomic E-state index is -3.88. The van der Waals surface area contributed by atoms with E-state index in [1.807, 2.05) is 32.0 Å². The van der Waals surface area contributed by atoms with E-state index in [1.54, 1.807) is 51.5 Å². The standard InChI is InChI=1S/C25H28N2O5S/c1-16-6-10-21(18(3)12-16)27-33(29,30)24-14-20(9-7-17(24)2)25(28)26-15-19-8-11-22(31-4)23(13-19)32-5/h6-14,27H,15H2,1-5H3,(H,26,28). The Bertz CT molecular complexity index is 1290. The number of hydrogen-bond acceptors (Lipinski definition) is 5. The molecule has 3 aromatic rings. The Labute approximate surface area is 194 Å². The first kappa shape index (κ1) is 24.1. The van der Waals surface area contributed by atoms with E-state index >= 15 is 0 Å². The van der Waals surface area contributed by atoms with Crippen molar-refractivity contribution in [1.82, 2.24) is 5.32 Å². The van der Waals surface area contributed by atoms with Crippen LogP contribution in [0.5, 0.6) is 11.5 Å². The molecular formula is C25H28N2O5S. The van der Waals surface area contributed by atoms with Crippen molar-refractivity contribution in [1.29, 1.82) is 0 Å². The summed E-state index contributed by atoms with van der Waals surface area (Å²) in [5.74, 6) is 0.774. The van der Waals surface area contributed by atoms with Crippen LogP contribution in [0.2, 0.25) is 0 Å². The lowest BCUT2D eigenvalue weighted by molar-refractivity contribution is 0.0950. The number of methoxy groups -OCH3 is 2. The van der Waals surface area contributed by atoms with E-state index in [1.165, 1.54) is 6.07 Å². The molecular weight excluding hydrogens is 440 g/mol. The predicted molar refractivity (Wildman–Crippen MR) is 129 cm³/mol. The fourth-order valence-electron chi connectivity index (χ4n) is 3.43. The van der Waals surface area contributed by atoms with Gasteiger partial charge >= 0.3 is 0 Å². The van der Waals surface area contributed by atoms with Crippen molar-refractivity contribution in [3.63, 3.8) is 0 Å². The molecule has 0 spiro atoms. The molecule has 0 fully saturated rings. The second kappa shape index (κ2) is 9.95. The number of benzene rings is 3. The summed E-state index contributed by atoms with van der Waals surface area (Å²) in [4.78, 5) is 12.8. The summed E-state index contributed by atoms with van der Waals surface area (Å²) in [5.41, 5.74) is 3.98. The second-order valence-electron chi connectivity index (χ2n) is 7.78. The fraction of sp³-hybridized carbons (Fsp3) is 0.240. The van der Waals surface area contributed by atoms with E-state index in [0.717, 1.165) is 16.7 Å². The van der Waals surface area contributed by atoms with E-state index in [-0.39, 0.29) is 22.9 Å². The third kappa shape index (κ3) is 5.64. The first-order valence-corrected chi connectivity index (χ1v) is 11.8. The van der Waals surface area contributed by atoms with Gasteiger partial charge in [0.05, 0.1) is 24.8 Å². The van der Waals surface area contributed by atoms with Gasteiger partial charge in [-0.15, -0.1) is 0 Å². The Kier molecular flexibility index (Phi) is 7.28. The smallest absolute Gasteiger partial charge is 0.262 e. The predicted octanol–water partition coefficient (Wildman–Crippen LogP) is 4.36. The van der Waals surface area contributed by atoms with Gasteiger partial charge in [0.25, 0.3) is 15.9 Å². The van der Waals surface area contributed by atoms with Crippen LogP contribution >= 0.6 is 0 Å². The molecule has 8 heteroatoms. The SMILES string of the molecule is COc1ccc(CNC(=O)c2ccc(C)c(S(=O)(=O)Nc3ccc(C)cc3C)c2)cc1OC. The van der Waals surface area contributed by atoms with Crippen molar-refractivity contribution in [3.05, 3.63) is 82.4 Å². The fourth-order valence-corrected chi connectivity index (χ4v) is 4.84. The number of carbonyl (C=O) groups excluding carboxylic acids is 1. The molecule has 7 nitrogen and oxygen atoms in total. The quantitative estimate of drug-likeness (QED) is 0.512. The topological polar surface area (TPSA) is 93.7 Å². The van der Waals surface area contributed by atoms with E-state index in [0.29, 0.717) is 22.7 Å². The van der Waals surface area contributed by atoms with Gasteiger partial charge in [-0.05, 0) is 67.8 Å². The molecule has 0 bridgehead atoms. The molecule has 0 saturated heterocycles. The second-order valence-corrected chi connectivity index (χ2v) is 9.43. The Morgan fingerprint density at radius 3 is 2.24 bits per heavy atom. The maximum atomic E-state index is 13.1. The number of sulfonamides is 1. The van der Waals surface area contributed by atoms with Crippen molar-refractivity contribution in [3.8, 4) is 11.5 Å². The molecule has 0 aliphatic heterocycles. The Hall–Kier alpha value is -3.52. The summed E-state index contributed by atoms with van der Waals surface area (Å²) in [5, 5.41) is 2.82. The lowest BCUT2D eigenvalue weighted by Gasteiger charge is -2.14. The summed E-state index contributed by atoms with van der Waals surface area (Å²) in [6.45, 7) is 5.73. The highest BCUT2D eigenvalue weighted by Crippen LogP contribution is 2.28.